The summed E-state index contributed by atoms with van der Waals surface area (Å²) in [6, 6.07) is 6.38. The second kappa shape index (κ2) is 9.02. The van der Waals surface area contributed by atoms with Crippen LogP contribution >= 0.6 is 23.2 Å². The number of nitrogens with one attached hydrogen (secondary N) is 1. The minimum atomic E-state index is 0.342. The van der Waals surface area contributed by atoms with Gasteiger partial charge in [0.15, 0.2) is 0 Å². The highest BCUT2D eigenvalue weighted by Crippen LogP contribution is 2.38. The van der Waals surface area contributed by atoms with E-state index in [0.717, 1.165) is 18.0 Å². The van der Waals surface area contributed by atoms with E-state index in [1.807, 2.05) is 12.1 Å². The Kier molecular flexibility index (Phi) is 7.36. The maximum Gasteiger partial charge on any atom is 0.0640 e. The summed E-state index contributed by atoms with van der Waals surface area (Å²) in [5, 5.41) is 5.13. The molecule has 1 atom stereocenters. The van der Waals surface area contributed by atoms with Crippen molar-refractivity contribution in [3.63, 3.8) is 0 Å². The molecule has 1 nitrogen and oxygen atoms in total. The van der Waals surface area contributed by atoms with Crippen LogP contribution in [0.15, 0.2) is 18.2 Å². The fraction of sp³-hybridized carbons (Fsp3) is 0.667. The van der Waals surface area contributed by atoms with Crippen molar-refractivity contribution in [1.29, 1.82) is 0 Å². The third-order valence-electron chi connectivity index (χ3n) is 4.55. The van der Waals surface area contributed by atoms with Crippen LogP contribution in [0.3, 0.4) is 0 Å². The summed E-state index contributed by atoms with van der Waals surface area (Å²) in [5.74, 6) is 0.674. The van der Waals surface area contributed by atoms with Crippen molar-refractivity contribution in [2.75, 3.05) is 6.54 Å². The molecule has 1 aliphatic carbocycles. The molecule has 118 valence electrons. The van der Waals surface area contributed by atoms with E-state index >= 15 is 0 Å². The summed E-state index contributed by atoms with van der Waals surface area (Å²) in [7, 11) is 0. The van der Waals surface area contributed by atoms with Gasteiger partial charge in [0.25, 0.3) is 0 Å². The van der Waals surface area contributed by atoms with Crippen molar-refractivity contribution >= 4 is 23.2 Å². The predicted octanol–water partition coefficient (Wildman–Crippen LogP) is 6.39. The highest BCUT2D eigenvalue weighted by atomic mass is 35.5. The lowest BCUT2D eigenvalue weighted by atomic mass is 9.82. The molecule has 21 heavy (non-hydrogen) atoms. The van der Waals surface area contributed by atoms with Gasteiger partial charge in [0.1, 0.15) is 0 Å². The second-order valence-corrected chi connectivity index (χ2v) is 6.97. The summed E-state index contributed by atoms with van der Waals surface area (Å²) < 4.78 is 0. The van der Waals surface area contributed by atoms with Crippen LogP contribution in [0.5, 0.6) is 0 Å². The van der Waals surface area contributed by atoms with E-state index in [-0.39, 0.29) is 0 Å². The number of benzene rings is 1. The van der Waals surface area contributed by atoms with Crippen LogP contribution in [0.25, 0.3) is 0 Å². The summed E-state index contributed by atoms with van der Waals surface area (Å²) in [6.45, 7) is 3.24. The van der Waals surface area contributed by atoms with Crippen molar-refractivity contribution in [3.8, 4) is 0 Å². The lowest BCUT2D eigenvalue weighted by Gasteiger charge is -2.31. The molecule has 0 heterocycles. The first-order chi connectivity index (χ1) is 10.2. The van der Waals surface area contributed by atoms with Gasteiger partial charge in [0.2, 0.25) is 0 Å². The van der Waals surface area contributed by atoms with Crippen molar-refractivity contribution in [2.45, 2.75) is 64.3 Å². The molecule has 1 aromatic carbocycles. The van der Waals surface area contributed by atoms with Gasteiger partial charge >= 0.3 is 0 Å². The van der Waals surface area contributed by atoms with Gasteiger partial charge in [0, 0.05) is 6.04 Å². The topological polar surface area (TPSA) is 12.0 Å². The van der Waals surface area contributed by atoms with Crippen LogP contribution in [-0.2, 0) is 0 Å². The van der Waals surface area contributed by atoms with Crippen LogP contribution in [0, 0.1) is 5.92 Å². The second-order valence-electron chi connectivity index (χ2n) is 6.18. The van der Waals surface area contributed by atoms with Crippen LogP contribution in [0.2, 0.25) is 10.0 Å². The molecular weight excluding hydrogens is 301 g/mol. The van der Waals surface area contributed by atoms with Gasteiger partial charge in [-0.05, 0) is 43.4 Å². The molecule has 1 fully saturated rings. The van der Waals surface area contributed by atoms with E-state index < -0.39 is 0 Å². The SMILES string of the molecule is CCCNC(c1cccc(Cl)c1Cl)C1CCCCCCC1. The molecule has 0 spiro atoms. The van der Waals surface area contributed by atoms with Gasteiger partial charge < -0.3 is 5.32 Å². The van der Waals surface area contributed by atoms with E-state index in [0.29, 0.717) is 17.0 Å². The quantitative estimate of drug-likeness (QED) is 0.660. The zero-order chi connectivity index (χ0) is 15.1. The minimum Gasteiger partial charge on any atom is -0.310 e. The molecule has 0 aliphatic heterocycles. The van der Waals surface area contributed by atoms with Crippen LogP contribution in [0.1, 0.15) is 69.9 Å². The van der Waals surface area contributed by atoms with Crippen molar-refractivity contribution < 1.29 is 0 Å². The number of halogens is 2. The Hall–Kier alpha value is -0.240. The van der Waals surface area contributed by atoms with Crippen molar-refractivity contribution in [1.82, 2.24) is 5.32 Å². The largest absolute Gasteiger partial charge is 0.310 e. The number of hydrogen-bond acceptors (Lipinski definition) is 1. The monoisotopic (exact) mass is 327 g/mol. The Morgan fingerprint density at radius 1 is 1.10 bits per heavy atom. The molecule has 2 rings (SSSR count). The predicted molar refractivity (Wildman–Crippen MR) is 93.3 cm³/mol. The summed E-state index contributed by atoms with van der Waals surface area (Å²) in [5.41, 5.74) is 1.18. The highest BCUT2D eigenvalue weighted by molar-refractivity contribution is 6.42. The zero-order valence-electron chi connectivity index (χ0n) is 13.0. The first-order valence-corrected chi connectivity index (χ1v) is 9.17. The fourth-order valence-corrected chi connectivity index (χ4v) is 3.84. The minimum absolute atomic E-state index is 0.342. The van der Waals surface area contributed by atoms with Crippen molar-refractivity contribution in [2.24, 2.45) is 5.92 Å². The zero-order valence-corrected chi connectivity index (χ0v) is 14.5. The molecular formula is C18H27Cl2N. The standard InChI is InChI=1S/C18H27Cl2N/c1-2-13-21-18(14-9-6-4-3-5-7-10-14)15-11-8-12-16(19)17(15)20/h8,11-12,14,18,21H,2-7,9-10,13H2,1H3. The third kappa shape index (κ3) is 4.87. The third-order valence-corrected chi connectivity index (χ3v) is 5.39. The Morgan fingerprint density at radius 2 is 1.76 bits per heavy atom. The van der Waals surface area contributed by atoms with E-state index in [9.17, 15) is 0 Å². The van der Waals surface area contributed by atoms with Gasteiger partial charge in [-0.15, -0.1) is 0 Å². The Balaban J connectivity index is 2.21. The molecule has 0 bridgehead atoms. The molecule has 3 heteroatoms. The molecule has 1 saturated carbocycles. The maximum absolute atomic E-state index is 6.49. The Bertz CT molecular complexity index is 425. The maximum atomic E-state index is 6.49. The highest BCUT2D eigenvalue weighted by Gasteiger charge is 2.25. The van der Waals surface area contributed by atoms with Gasteiger partial charge in [-0.2, -0.15) is 0 Å². The number of rotatable bonds is 5. The molecule has 0 radical (unpaired) electrons. The molecule has 1 unspecified atom stereocenters. The van der Waals surface area contributed by atoms with E-state index in [4.69, 9.17) is 23.2 Å². The number of hydrogen-bond donors (Lipinski definition) is 1. The summed E-state index contributed by atoms with van der Waals surface area (Å²) in [4.78, 5) is 0. The van der Waals surface area contributed by atoms with Gasteiger partial charge in [0.05, 0.1) is 10.0 Å². The van der Waals surface area contributed by atoms with E-state index in [1.54, 1.807) is 0 Å². The van der Waals surface area contributed by atoms with Gasteiger partial charge in [-0.3, -0.25) is 0 Å². The van der Waals surface area contributed by atoms with E-state index in [1.165, 1.54) is 50.5 Å². The summed E-state index contributed by atoms with van der Waals surface area (Å²) in [6.07, 6.45) is 10.6. The molecule has 1 N–H and O–H groups in total. The lowest BCUT2D eigenvalue weighted by molar-refractivity contribution is 0.289. The van der Waals surface area contributed by atoms with Gasteiger partial charge in [-0.25, -0.2) is 0 Å². The molecule has 0 aromatic heterocycles. The summed E-state index contributed by atoms with van der Waals surface area (Å²) >= 11 is 12.7. The first kappa shape index (κ1) is 17.1. The average Bonchev–Trinajstić information content (AvgIpc) is 2.44. The van der Waals surface area contributed by atoms with Crippen molar-refractivity contribution in [3.05, 3.63) is 33.8 Å². The lowest BCUT2D eigenvalue weighted by Crippen LogP contribution is -2.30. The normalized spacial score (nSPS) is 19.0. The van der Waals surface area contributed by atoms with Crippen LogP contribution in [-0.4, -0.2) is 6.54 Å². The van der Waals surface area contributed by atoms with E-state index in [2.05, 4.69) is 18.3 Å². The van der Waals surface area contributed by atoms with Crippen LogP contribution < -0.4 is 5.32 Å². The molecule has 0 saturated heterocycles. The first-order valence-electron chi connectivity index (χ1n) is 8.41. The molecule has 1 aromatic rings. The fourth-order valence-electron chi connectivity index (χ4n) is 3.41. The average molecular weight is 328 g/mol. The Morgan fingerprint density at radius 3 is 2.43 bits per heavy atom. The smallest absolute Gasteiger partial charge is 0.0640 e. The molecule has 1 aliphatic rings. The Labute approximate surface area is 139 Å². The van der Waals surface area contributed by atoms with Crippen LogP contribution in [0.4, 0.5) is 0 Å². The molecule has 0 amide bonds. The van der Waals surface area contributed by atoms with Gasteiger partial charge in [-0.1, -0.05) is 74.4 Å².